The van der Waals surface area contributed by atoms with Crippen molar-refractivity contribution < 1.29 is 0 Å². The maximum atomic E-state index is 5.23. The second kappa shape index (κ2) is 14.6. The molecule has 0 aliphatic carbocycles. The lowest BCUT2D eigenvalue weighted by molar-refractivity contribution is 1.08. The zero-order valence-corrected chi connectivity index (χ0v) is 32.4. The summed E-state index contributed by atoms with van der Waals surface area (Å²) in [6.45, 7) is 0. The van der Waals surface area contributed by atoms with Gasteiger partial charge in [0, 0.05) is 45.0 Å². The summed E-state index contributed by atoms with van der Waals surface area (Å²) in [5.41, 5.74) is 11.0. The minimum atomic E-state index is 0.631. The van der Waals surface area contributed by atoms with Gasteiger partial charge >= 0.3 is 0 Å². The third-order valence-electron chi connectivity index (χ3n) is 10.6. The van der Waals surface area contributed by atoms with E-state index < -0.39 is 0 Å². The Morgan fingerprint density at radius 1 is 0.322 bits per heavy atom. The number of hydrogen-bond acceptors (Lipinski definition) is 7. The number of nitrogens with zero attached hydrogens (tertiary/aromatic N) is 6. The number of fused-ring (bicyclic) bond motifs is 4. The van der Waals surface area contributed by atoms with Crippen molar-refractivity contribution in [2.24, 2.45) is 0 Å². The molecule has 0 radical (unpaired) electrons. The van der Waals surface area contributed by atoms with Crippen LogP contribution in [0.15, 0.2) is 194 Å². The number of pyridine rings is 1. The first-order valence-corrected chi connectivity index (χ1v) is 20.3. The van der Waals surface area contributed by atoms with Gasteiger partial charge in [0.25, 0.3) is 0 Å². The molecule has 276 valence electrons. The topological polar surface area (TPSA) is 77.3 Å². The Morgan fingerprint density at radius 2 is 0.814 bits per heavy atom. The third kappa shape index (κ3) is 6.40. The van der Waals surface area contributed by atoms with E-state index in [0.717, 1.165) is 87.0 Å². The fourth-order valence-electron chi connectivity index (χ4n) is 7.72. The Morgan fingerprint density at radius 3 is 1.41 bits per heavy atom. The third-order valence-corrected chi connectivity index (χ3v) is 11.8. The van der Waals surface area contributed by atoms with Crippen molar-refractivity contribution in [1.82, 2.24) is 29.9 Å². The van der Waals surface area contributed by atoms with E-state index in [-0.39, 0.29) is 0 Å². The van der Waals surface area contributed by atoms with Crippen molar-refractivity contribution in [2.45, 2.75) is 0 Å². The van der Waals surface area contributed by atoms with Crippen LogP contribution in [0.4, 0.5) is 0 Å². The van der Waals surface area contributed by atoms with Crippen LogP contribution < -0.4 is 0 Å². The highest BCUT2D eigenvalue weighted by Gasteiger charge is 2.19. The summed E-state index contributed by atoms with van der Waals surface area (Å²) in [5, 5.41) is 3.21. The van der Waals surface area contributed by atoms with Gasteiger partial charge in [-0.3, -0.25) is 0 Å². The molecule has 59 heavy (non-hydrogen) atoms. The zero-order chi connectivity index (χ0) is 39.1. The Kier molecular flexibility index (Phi) is 8.56. The van der Waals surface area contributed by atoms with Crippen LogP contribution >= 0.6 is 11.3 Å². The minimum absolute atomic E-state index is 0.631. The summed E-state index contributed by atoms with van der Waals surface area (Å²) in [6, 6.07) is 64.5. The highest BCUT2D eigenvalue weighted by molar-refractivity contribution is 7.25. The highest BCUT2D eigenvalue weighted by Crippen LogP contribution is 2.41. The van der Waals surface area contributed by atoms with Crippen molar-refractivity contribution in [3.05, 3.63) is 194 Å². The zero-order valence-electron chi connectivity index (χ0n) is 31.6. The molecule has 0 aliphatic rings. The lowest BCUT2D eigenvalue weighted by Crippen LogP contribution is -2.00. The summed E-state index contributed by atoms with van der Waals surface area (Å²) >= 11 is 1.64. The molecule has 0 fully saturated rings. The molecule has 4 aromatic heterocycles. The Balaban J connectivity index is 1.02. The first-order valence-electron chi connectivity index (χ1n) is 19.4. The lowest BCUT2D eigenvalue weighted by atomic mass is 9.94. The van der Waals surface area contributed by atoms with Crippen LogP contribution in [-0.4, -0.2) is 29.9 Å². The number of benzene rings is 7. The largest absolute Gasteiger partial charge is 0.245 e. The molecule has 0 unspecified atom stereocenters. The molecule has 0 bridgehead atoms. The molecule has 0 spiro atoms. The van der Waals surface area contributed by atoms with Crippen LogP contribution in [0.5, 0.6) is 0 Å². The fourth-order valence-corrected chi connectivity index (χ4v) is 8.80. The smallest absolute Gasteiger partial charge is 0.164 e. The molecule has 7 aromatic carbocycles. The second-order valence-electron chi connectivity index (χ2n) is 14.3. The van der Waals surface area contributed by atoms with E-state index in [2.05, 4.69) is 103 Å². The molecule has 0 atom stereocenters. The van der Waals surface area contributed by atoms with Gasteiger partial charge in [0.05, 0.1) is 15.9 Å². The Bertz CT molecular complexity index is 3240. The van der Waals surface area contributed by atoms with Crippen LogP contribution in [-0.2, 0) is 0 Å². The first-order chi connectivity index (χ1) is 29.2. The second-order valence-corrected chi connectivity index (χ2v) is 15.3. The molecule has 4 heterocycles. The van der Waals surface area contributed by atoms with E-state index in [1.165, 1.54) is 0 Å². The monoisotopic (exact) mass is 772 g/mol. The average molecular weight is 773 g/mol. The van der Waals surface area contributed by atoms with Crippen molar-refractivity contribution in [3.63, 3.8) is 0 Å². The first kappa shape index (κ1) is 34.5. The molecular weight excluding hydrogens is 741 g/mol. The number of aromatic nitrogens is 6. The maximum Gasteiger partial charge on any atom is 0.164 e. The van der Waals surface area contributed by atoms with Crippen LogP contribution in [0, 0.1) is 0 Å². The number of thiophene rings is 1. The van der Waals surface area contributed by atoms with E-state index in [4.69, 9.17) is 29.9 Å². The van der Waals surface area contributed by atoms with Crippen LogP contribution in [0.3, 0.4) is 0 Å². The average Bonchev–Trinajstić information content (AvgIpc) is 3.70. The summed E-state index contributed by atoms with van der Waals surface area (Å²) in [4.78, 5) is 31.3. The fraction of sp³-hybridized carbons (Fsp3) is 0. The van der Waals surface area contributed by atoms with Crippen molar-refractivity contribution in [3.8, 4) is 79.1 Å². The molecule has 11 rings (SSSR count). The van der Waals surface area contributed by atoms with Crippen molar-refractivity contribution in [1.29, 1.82) is 0 Å². The van der Waals surface area contributed by atoms with Crippen LogP contribution in [0.25, 0.3) is 110 Å². The van der Waals surface area contributed by atoms with Crippen molar-refractivity contribution >= 4 is 42.5 Å². The molecule has 7 heteroatoms. The van der Waals surface area contributed by atoms with Gasteiger partial charge in [-0.2, -0.15) is 0 Å². The Labute approximate surface area is 344 Å². The summed E-state index contributed by atoms with van der Waals surface area (Å²) in [5.74, 6) is 2.59. The van der Waals surface area contributed by atoms with Gasteiger partial charge in [-0.05, 0) is 33.5 Å². The molecule has 11 aromatic rings. The van der Waals surface area contributed by atoms with E-state index in [0.29, 0.717) is 23.3 Å². The molecule has 6 nitrogen and oxygen atoms in total. The maximum absolute atomic E-state index is 5.23. The van der Waals surface area contributed by atoms with Crippen molar-refractivity contribution in [2.75, 3.05) is 0 Å². The van der Waals surface area contributed by atoms with Gasteiger partial charge in [0.15, 0.2) is 23.3 Å². The number of rotatable bonds is 7. The SMILES string of the molecule is c1ccc(-c2cnc3sc4c(-c5ccc(-c6cccc7c(-c8nc(-c9ccccc9)nc(-c9ccccc9)n8)cccc67)cc5)nc(-c5ccccc5)nc4c3c2)cc1. The lowest BCUT2D eigenvalue weighted by Gasteiger charge is -2.13. The van der Waals surface area contributed by atoms with Gasteiger partial charge in [-0.15, -0.1) is 11.3 Å². The van der Waals surface area contributed by atoms with Gasteiger partial charge in [-0.1, -0.05) is 182 Å². The summed E-state index contributed by atoms with van der Waals surface area (Å²) in [6.07, 6.45) is 1.95. The van der Waals surface area contributed by atoms with Crippen LogP contribution in [0.2, 0.25) is 0 Å². The van der Waals surface area contributed by atoms with E-state index in [1.54, 1.807) is 11.3 Å². The van der Waals surface area contributed by atoms with Crippen LogP contribution in [0.1, 0.15) is 0 Å². The summed E-state index contributed by atoms with van der Waals surface area (Å²) in [7, 11) is 0. The molecule has 0 aliphatic heterocycles. The normalized spacial score (nSPS) is 11.4. The minimum Gasteiger partial charge on any atom is -0.245 e. The Hall–Kier alpha value is -7.74. The van der Waals surface area contributed by atoms with E-state index in [1.807, 2.05) is 91.1 Å². The molecule has 0 saturated carbocycles. The highest BCUT2D eigenvalue weighted by atomic mass is 32.1. The van der Waals surface area contributed by atoms with E-state index in [9.17, 15) is 0 Å². The molecule has 0 N–H and O–H groups in total. The molecule has 0 saturated heterocycles. The molecular formula is C52H32N6S. The quantitative estimate of drug-likeness (QED) is 0.161. The predicted molar refractivity (Wildman–Crippen MR) is 242 cm³/mol. The van der Waals surface area contributed by atoms with Gasteiger partial charge in [0.1, 0.15) is 4.83 Å². The standard InChI is InChI=1S/C52H32N6S/c1-5-15-33(16-6-1)39-31-44-46-47(59-52(44)53-32-39)45(54-48(55-46)36-17-7-2-8-18-36)35-29-27-34(28-30-35)40-23-13-25-42-41(40)24-14-26-43(42)51-57-49(37-19-9-3-10-20-37)56-50(58-51)38-21-11-4-12-22-38/h1-32H. The van der Waals surface area contributed by atoms with Gasteiger partial charge in [-0.25, -0.2) is 29.9 Å². The van der Waals surface area contributed by atoms with Gasteiger partial charge < -0.3 is 0 Å². The number of hydrogen-bond donors (Lipinski definition) is 0. The summed E-state index contributed by atoms with van der Waals surface area (Å²) < 4.78 is 1.02. The molecule has 0 amide bonds. The van der Waals surface area contributed by atoms with E-state index >= 15 is 0 Å². The predicted octanol–water partition coefficient (Wildman–Crippen LogP) is 13.2. The van der Waals surface area contributed by atoms with Gasteiger partial charge in [0.2, 0.25) is 0 Å².